The number of nitrogens with zero attached hydrogens (tertiary/aromatic N) is 3. The zero-order chi connectivity index (χ0) is 43.8. The highest BCUT2D eigenvalue weighted by molar-refractivity contribution is 5.98. The zero-order valence-corrected chi connectivity index (χ0v) is 36.1. The predicted octanol–water partition coefficient (Wildman–Crippen LogP) is 6.57. The normalized spacial score (nSPS) is 21.0. The summed E-state index contributed by atoms with van der Waals surface area (Å²) in [5, 5.41) is 22.0. The van der Waals surface area contributed by atoms with Gasteiger partial charge in [0.1, 0.15) is 23.9 Å². The maximum atomic E-state index is 13.6. The van der Waals surface area contributed by atoms with E-state index in [1.807, 2.05) is 69.0 Å². The van der Waals surface area contributed by atoms with Gasteiger partial charge in [-0.25, -0.2) is 9.59 Å². The molecule has 0 saturated carbocycles. The first-order valence-corrected chi connectivity index (χ1v) is 21.4. The molecule has 328 valence electrons. The molecule has 6 atom stereocenters. The monoisotopic (exact) mass is 839 g/mol. The number of aromatic hydroxyl groups is 1. The van der Waals surface area contributed by atoms with Crippen LogP contribution in [0.15, 0.2) is 72.8 Å². The smallest absolute Gasteiger partial charge is 0.407 e. The van der Waals surface area contributed by atoms with Crippen LogP contribution in [0, 0.1) is 11.8 Å². The van der Waals surface area contributed by atoms with Crippen molar-refractivity contribution in [1.82, 2.24) is 20.4 Å². The van der Waals surface area contributed by atoms with Gasteiger partial charge in [-0.1, -0.05) is 52.0 Å². The fraction of sp³-hybridized carbons (Fsp3) is 0.500. The molecule has 5 N–H and O–H groups in total. The van der Waals surface area contributed by atoms with Gasteiger partial charge in [0.15, 0.2) is 0 Å². The molecule has 3 heterocycles. The summed E-state index contributed by atoms with van der Waals surface area (Å²) in [6.07, 6.45) is 3.43. The molecule has 3 aromatic carbocycles. The van der Waals surface area contributed by atoms with Crippen molar-refractivity contribution in [3.05, 3.63) is 83.9 Å². The van der Waals surface area contributed by atoms with Crippen molar-refractivity contribution in [2.24, 2.45) is 11.8 Å². The lowest BCUT2D eigenvalue weighted by atomic mass is 10.0. The Bertz CT molecular complexity index is 1990. The molecule has 61 heavy (non-hydrogen) atoms. The number of carbonyl (C=O) groups excluding carboxylic acids is 5. The van der Waals surface area contributed by atoms with Gasteiger partial charge in [0.25, 0.3) is 0 Å². The van der Waals surface area contributed by atoms with Crippen molar-refractivity contribution in [2.75, 3.05) is 49.4 Å². The van der Waals surface area contributed by atoms with E-state index in [4.69, 9.17) is 9.47 Å². The van der Waals surface area contributed by atoms with Crippen molar-refractivity contribution in [2.45, 2.75) is 102 Å². The molecular weight excluding hydrogens is 779 g/mol. The number of nitrogens with one attached hydrogen (secondary N) is 4. The van der Waals surface area contributed by atoms with Gasteiger partial charge in [-0.2, -0.15) is 0 Å². The Morgan fingerprint density at radius 2 is 1.15 bits per heavy atom. The maximum absolute atomic E-state index is 13.6. The van der Waals surface area contributed by atoms with Crippen LogP contribution in [-0.2, 0) is 23.9 Å². The molecule has 3 saturated heterocycles. The SMILES string of the molecule is COC(=O)N[C@H](C(=O)N1CCC[C@H]1CNc1ccc([C@H]2CC[C@H](c3ccc(NC(=O)[C@@H]4CCCN4C(=O)[C@@H](NC(=O)OC)C(C)C)cc3)N2c2ccc(O)cc2)cc1)C(C)C. The molecule has 0 radical (unpaired) electrons. The van der Waals surface area contributed by atoms with Crippen LogP contribution in [0.3, 0.4) is 0 Å². The van der Waals surface area contributed by atoms with Crippen LogP contribution in [0.2, 0.25) is 0 Å². The average molecular weight is 840 g/mol. The molecule has 6 rings (SSSR count). The Kier molecular flexibility index (Phi) is 14.6. The summed E-state index contributed by atoms with van der Waals surface area (Å²) >= 11 is 0. The molecule has 0 spiro atoms. The van der Waals surface area contributed by atoms with E-state index < -0.39 is 30.3 Å². The molecule has 0 bridgehead atoms. The van der Waals surface area contributed by atoms with Crippen LogP contribution in [0.25, 0.3) is 0 Å². The Morgan fingerprint density at radius 1 is 0.656 bits per heavy atom. The van der Waals surface area contributed by atoms with Crippen molar-refractivity contribution in [1.29, 1.82) is 0 Å². The summed E-state index contributed by atoms with van der Waals surface area (Å²) in [4.78, 5) is 70.4. The highest BCUT2D eigenvalue weighted by Crippen LogP contribution is 2.47. The number of phenols is 1. The number of ether oxygens (including phenoxy) is 2. The summed E-state index contributed by atoms with van der Waals surface area (Å²) in [5.74, 6) is -0.770. The Hall–Kier alpha value is -5.99. The standard InChI is InChI=1S/C46H61N7O8/c1-28(2)40(49-45(58)60-5)43(56)51-25-7-9-35(51)27-47-32-15-11-30(12-16-32)37-23-24-38(53(37)34-19-21-36(54)22-20-34)31-13-17-33(18-14-31)48-42(55)39-10-8-26-52(39)44(57)41(29(3)4)50-46(59)61-6/h11-22,28-29,35,37-41,47,54H,7-10,23-27H2,1-6H3,(H,48,55)(H,49,58)(H,50,59)/t35-,37+,38+,39-,40-,41-/m0/s1. The minimum absolute atomic E-state index is 0.00547. The van der Waals surface area contributed by atoms with Crippen molar-refractivity contribution >= 4 is 47.0 Å². The number of hydrogen-bond acceptors (Lipinski definition) is 10. The summed E-state index contributed by atoms with van der Waals surface area (Å²) in [7, 11) is 2.54. The fourth-order valence-electron chi connectivity index (χ4n) is 8.92. The summed E-state index contributed by atoms with van der Waals surface area (Å²) < 4.78 is 9.49. The van der Waals surface area contributed by atoms with Crippen LogP contribution in [0.1, 0.15) is 89.4 Å². The number of hydrogen-bond donors (Lipinski definition) is 5. The third kappa shape index (κ3) is 10.5. The number of anilines is 3. The lowest BCUT2D eigenvalue weighted by Crippen LogP contribution is -2.54. The number of amides is 5. The zero-order valence-electron chi connectivity index (χ0n) is 36.1. The number of rotatable bonds is 14. The minimum Gasteiger partial charge on any atom is -0.508 e. The Morgan fingerprint density at radius 3 is 1.67 bits per heavy atom. The van der Waals surface area contributed by atoms with Gasteiger partial charge in [0, 0.05) is 42.7 Å². The van der Waals surface area contributed by atoms with Crippen LogP contribution < -0.4 is 26.2 Å². The maximum Gasteiger partial charge on any atom is 0.407 e. The summed E-state index contributed by atoms with van der Waals surface area (Å²) in [5.41, 5.74) is 4.77. The van der Waals surface area contributed by atoms with E-state index in [-0.39, 0.29) is 53.4 Å². The van der Waals surface area contributed by atoms with Gasteiger partial charge in [-0.15, -0.1) is 0 Å². The Balaban J connectivity index is 1.12. The molecule has 3 aromatic rings. The van der Waals surface area contributed by atoms with Crippen LogP contribution >= 0.6 is 0 Å². The Labute approximate surface area is 358 Å². The summed E-state index contributed by atoms with van der Waals surface area (Å²) in [6, 6.07) is 21.5. The van der Waals surface area contributed by atoms with E-state index in [9.17, 15) is 29.1 Å². The van der Waals surface area contributed by atoms with Crippen molar-refractivity contribution in [3.63, 3.8) is 0 Å². The number of methoxy groups -OCH3 is 2. The van der Waals surface area contributed by atoms with Gasteiger partial charge in [-0.3, -0.25) is 14.4 Å². The van der Waals surface area contributed by atoms with Gasteiger partial charge in [0.05, 0.1) is 26.3 Å². The van der Waals surface area contributed by atoms with Gasteiger partial charge in [0.2, 0.25) is 17.7 Å². The topological polar surface area (TPSA) is 182 Å². The number of likely N-dealkylation sites (tertiary alicyclic amines) is 2. The molecule has 0 unspecified atom stereocenters. The lowest BCUT2D eigenvalue weighted by molar-refractivity contribution is -0.139. The molecule has 15 nitrogen and oxygen atoms in total. The highest BCUT2D eigenvalue weighted by Gasteiger charge is 2.40. The molecule has 0 aromatic heterocycles. The third-order valence-electron chi connectivity index (χ3n) is 12.2. The number of benzene rings is 3. The van der Waals surface area contributed by atoms with Crippen molar-refractivity contribution in [3.8, 4) is 5.75 Å². The molecule has 3 fully saturated rings. The van der Waals surface area contributed by atoms with E-state index >= 15 is 0 Å². The second-order valence-corrected chi connectivity index (χ2v) is 16.9. The number of alkyl carbamates (subject to hydrolysis) is 2. The van der Waals surface area contributed by atoms with Crippen molar-refractivity contribution < 1.29 is 38.6 Å². The van der Waals surface area contributed by atoms with E-state index in [1.54, 1.807) is 17.0 Å². The van der Waals surface area contributed by atoms with E-state index in [0.29, 0.717) is 38.2 Å². The summed E-state index contributed by atoms with van der Waals surface area (Å²) in [6.45, 7) is 9.15. The van der Waals surface area contributed by atoms with Crippen LogP contribution in [0.4, 0.5) is 26.7 Å². The highest BCUT2D eigenvalue weighted by atomic mass is 16.5. The van der Waals surface area contributed by atoms with E-state index in [2.05, 4.69) is 50.4 Å². The molecule has 15 heteroatoms. The molecule has 3 aliphatic heterocycles. The predicted molar refractivity (Wildman–Crippen MR) is 233 cm³/mol. The molecule has 5 amide bonds. The number of carbonyl (C=O) groups is 5. The first-order chi connectivity index (χ1) is 29.3. The first kappa shape index (κ1) is 44.6. The van der Waals surface area contributed by atoms with Gasteiger partial charge >= 0.3 is 12.2 Å². The van der Waals surface area contributed by atoms with Crippen LogP contribution in [-0.4, -0.2) is 103 Å². The third-order valence-corrected chi connectivity index (χ3v) is 12.2. The largest absolute Gasteiger partial charge is 0.508 e. The van der Waals surface area contributed by atoms with Gasteiger partial charge < -0.3 is 50.5 Å². The quantitative estimate of drug-likeness (QED) is 0.119. The van der Waals surface area contributed by atoms with E-state index in [1.165, 1.54) is 14.2 Å². The molecule has 0 aliphatic carbocycles. The van der Waals surface area contributed by atoms with Crippen LogP contribution in [0.5, 0.6) is 5.75 Å². The van der Waals surface area contributed by atoms with Gasteiger partial charge in [-0.05, 0) is 110 Å². The average Bonchev–Trinajstić information content (AvgIpc) is 4.05. The lowest BCUT2D eigenvalue weighted by Gasteiger charge is -2.33. The minimum atomic E-state index is -0.809. The second kappa shape index (κ2) is 20.0. The number of phenolic OH excluding ortho intramolecular Hbond substituents is 1. The molecular formula is C46H61N7O8. The second-order valence-electron chi connectivity index (χ2n) is 16.9. The first-order valence-electron chi connectivity index (χ1n) is 21.4. The van der Waals surface area contributed by atoms with E-state index in [0.717, 1.165) is 48.2 Å². The molecule has 3 aliphatic rings. The fourth-order valence-corrected chi connectivity index (χ4v) is 8.92.